The second-order valence-electron chi connectivity index (χ2n) is 12.2. The van der Waals surface area contributed by atoms with Gasteiger partial charge in [0.05, 0.1) is 17.6 Å². The maximum Gasteiger partial charge on any atom is 0.0683 e. The Morgan fingerprint density at radius 3 is 2.55 bits per heavy atom. The first kappa shape index (κ1) is 24.8. The molecule has 2 nitrogen and oxygen atoms in total. The fraction of sp³-hybridized carbons (Fsp3) is 0.897. The van der Waals surface area contributed by atoms with E-state index < -0.39 is 0 Å². The van der Waals surface area contributed by atoms with Crippen molar-refractivity contribution >= 4 is 0 Å². The first-order valence-electron chi connectivity index (χ1n) is 13.5. The largest absolute Gasteiger partial charge is 0.393 e. The Hall–Kier alpha value is -0.810. The lowest BCUT2D eigenvalue weighted by molar-refractivity contribution is -0.0126. The summed E-state index contributed by atoms with van der Waals surface area (Å²) >= 11 is 0. The number of fused-ring (bicyclic) bond motifs is 5. The number of nitriles is 1. The summed E-state index contributed by atoms with van der Waals surface area (Å²) in [6, 6.07) is 2.46. The summed E-state index contributed by atoms with van der Waals surface area (Å²) in [5.41, 5.74) is 2.51. The molecule has 0 bridgehead atoms. The summed E-state index contributed by atoms with van der Waals surface area (Å²) in [6.07, 6.45) is 17.6. The quantitative estimate of drug-likeness (QED) is 0.356. The van der Waals surface area contributed by atoms with Crippen molar-refractivity contribution in [1.82, 2.24) is 0 Å². The van der Waals surface area contributed by atoms with Crippen molar-refractivity contribution in [2.75, 3.05) is 0 Å². The fourth-order valence-corrected chi connectivity index (χ4v) is 8.09. The monoisotopic (exact) mass is 427 g/mol. The van der Waals surface area contributed by atoms with E-state index in [1.807, 2.05) is 13.8 Å². The van der Waals surface area contributed by atoms with Gasteiger partial charge in [-0.3, -0.25) is 0 Å². The molecule has 3 fully saturated rings. The van der Waals surface area contributed by atoms with Crippen molar-refractivity contribution in [3.8, 4) is 6.07 Å². The number of allylic oxidation sites excluding steroid dienone is 2. The summed E-state index contributed by atoms with van der Waals surface area (Å²) in [7, 11) is 0. The third-order valence-corrected chi connectivity index (χ3v) is 10.1. The zero-order chi connectivity index (χ0) is 22.9. The van der Waals surface area contributed by atoms with Gasteiger partial charge in [-0.15, -0.1) is 0 Å². The zero-order valence-electron chi connectivity index (χ0n) is 21.3. The number of aliphatic hydroxyl groups excluding tert-OH is 1. The molecule has 1 N–H and O–H groups in total. The molecule has 0 aromatic carbocycles. The van der Waals surface area contributed by atoms with Gasteiger partial charge in [0.25, 0.3) is 0 Å². The number of nitrogens with zero attached hydrogens (tertiary/aromatic N) is 1. The number of hydrogen-bond acceptors (Lipinski definition) is 2. The smallest absolute Gasteiger partial charge is 0.0683 e. The molecule has 3 saturated carbocycles. The molecule has 0 heterocycles. The van der Waals surface area contributed by atoms with E-state index in [9.17, 15) is 10.4 Å². The van der Waals surface area contributed by atoms with Crippen LogP contribution in [-0.4, -0.2) is 11.2 Å². The molecular formula is C29H49NO. The van der Waals surface area contributed by atoms with E-state index in [-0.39, 0.29) is 11.5 Å². The Morgan fingerprint density at radius 1 is 1.10 bits per heavy atom. The minimum absolute atomic E-state index is 0.0547. The third-order valence-electron chi connectivity index (χ3n) is 10.1. The molecule has 176 valence electrons. The van der Waals surface area contributed by atoms with Crippen LogP contribution in [0.4, 0.5) is 0 Å². The average Bonchev–Trinajstić information content (AvgIpc) is 3.09. The van der Waals surface area contributed by atoms with Crippen LogP contribution in [0, 0.1) is 51.2 Å². The molecule has 7 unspecified atom stereocenters. The number of unbranched alkanes of at least 4 members (excludes halogenated alkanes) is 1. The van der Waals surface area contributed by atoms with Crippen LogP contribution in [0.1, 0.15) is 119 Å². The topological polar surface area (TPSA) is 44.0 Å². The van der Waals surface area contributed by atoms with Gasteiger partial charge in [-0.05, 0) is 113 Å². The van der Waals surface area contributed by atoms with Gasteiger partial charge < -0.3 is 5.11 Å². The third kappa shape index (κ3) is 4.64. The van der Waals surface area contributed by atoms with Crippen molar-refractivity contribution in [1.29, 1.82) is 5.26 Å². The molecule has 31 heavy (non-hydrogen) atoms. The molecule has 0 aromatic rings. The summed E-state index contributed by atoms with van der Waals surface area (Å²) in [6.45, 7) is 13.3. The molecule has 0 aliphatic heterocycles. The van der Waals surface area contributed by atoms with Crippen LogP contribution in [0.25, 0.3) is 0 Å². The second-order valence-corrected chi connectivity index (χ2v) is 12.2. The molecule has 0 radical (unpaired) electrons. The van der Waals surface area contributed by atoms with Crippen molar-refractivity contribution in [3.05, 3.63) is 11.6 Å². The predicted molar refractivity (Wildman–Crippen MR) is 130 cm³/mol. The van der Waals surface area contributed by atoms with Crippen LogP contribution in [0.3, 0.4) is 0 Å². The molecule has 4 rings (SSSR count). The highest BCUT2D eigenvalue weighted by molar-refractivity contribution is 5.28. The molecule has 7 atom stereocenters. The highest BCUT2D eigenvalue weighted by Gasteiger charge is 2.56. The van der Waals surface area contributed by atoms with Crippen LogP contribution in [0.15, 0.2) is 11.6 Å². The lowest BCUT2D eigenvalue weighted by Crippen LogP contribution is -2.48. The fourth-order valence-electron chi connectivity index (χ4n) is 8.09. The predicted octanol–water partition coefficient (Wildman–Crippen LogP) is 8.06. The lowest BCUT2D eigenvalue weighted by atomic mass is 9.48. The standard InChI is InChI=1S/C27H43NO.C2H6/c1-25(2,18-28)14-6-5-7-19-9-11-23-22-10-8-20-17-21(29)12-15-27(20,4)24(22)13-16-26(19,23)3;1-2/h13,19-23,29H,5-12,14-17H2,1-4H3;1-2H3. The van der Waals surface area contributed by atoms with E-state index in [1.54, 1.807) is 5.57 Å². The van der Waals surface area contributed by atoms with Gasteiger partial charge >= 0.3 is 0 Å². The van der Waals surface area contributed by atoms with Crippen molar-refractivity contribution in [2.24, 2.45) is 39.9 Å². The zero-order valence-corrected chi connectivity index (χ0v) is 21.3. The number of aliphatic hydroxyl groups is 1. The van der Waals surface area contributed by atoms with Gasteiger partial charge in [0, 0.05) is 0 Å². The van der Waals surface area contributed by atoms with Gasteiger partial charge in [0.1, 0.15) is 0 Å². The van der Waals surface area contributed by atoms with Crippen LogP contribution in [0.2, 0.25) is 0 Å². The van der Waals surface area contributed by atoms with Gasteiger partial charge in [-0.1, -0.05) is 52.2 Å². The summed E-state index contributed by atoms with van der Waals surface area (Å²) in [4.78, 5) is 0. The summed E-state index contributed by atoms with van der Waals surface area (Å²) in [5.74, 6) is 3.27. The molecular weight excluding hydrogens is 378 g/mol. The van der Waals surface area contributed by atoms with Gasteiger partial charge in [-0.25, -0.2) is 0 Å². The SMILES string of the molecule is CC.CC(C)(C#N)CCCCC1CCC2C3CCC4CC(O)CCC4(C)C3=CCC12C. The molecule has 4 aliphatic rings. The first-order chi connectivity index (χ1) is 14.7. The van der Waals surface area contributed by atoms with Gasteiger partial charge in [0.15, 0.2) is 0 Å². The molecule has 4 aliphatic carbocycles. The number of hydrogen-bond donors (Lipinski definition) is 1. The lowest BCUT2D eigenvalue weighted by Gasteiger charge is -2.56. The van der Waals surface area contributed by atoms with E-state index in [4.69, 9.17) is 0 Å². The highest BCUT2D eigenvalue weighted by Crippen LogP contribution is 2.65. The molecule has 2 heteroatoms. The molecule has 0 amide bonds. The van der Waals surface area contributed by atoms with Gasteiger partial charge in [0.2, 0.25) is 0 Å². The van der Waals surface area contributed by atoms with Crippen LogP contribution < -0.4 is 0 Å². The van der Waals surface area contributed by atoms with E-state index in [0.717, 1.165) is 37.0 Å². The summed E-state index contributed by atoms with van der Waals surface area (Å²) < 4.78 is 0. The van der Waals surface area contributed by atoms with Crippen LogP contribution in [0.5, 0.6) is 0 Å². The first-order valence-corrected chi connectivity index (χ1v) is 13.5. The Morgan fingerprint density at radius 2 is 1.84 bits per heavy atom. The minimum Gasteiger partial charge on any atom is -0.393 e. The molecule has 0 aromatic heterocycles. The van der Waals surface area contributed by atoms with Gasteiger partial charge in [-0.2, -0.15) is 5.26 Å². The average molecular weight is 428 g/mol. The van der Waals surface area contributed by atoms with Crippen molar-refractivity contribution in [3.63, 3.8) is 0 Å². The van der Waals surface area contributed by atoms with Crippen molar-refractivity contribution in [2.45, 2.75) is 125 Å². The maximum atomic E-state index is 10.2. The Balaban J connectivity index is 0.00000132. The highest BCUT2D eigenvalue weighted by atomic mass is 16.3. The molecule has 0 spiro atoms. The van der Waals surface area contributed by atoms with E-state index >= 15 is 0 Å². The van der Waals surface area contributed by atoms with Crippen molar-refractivity contribution < 1.29 is 5.11 Å². The van der Waals surface area contributed by atoms with E-state index in [1.165, 1.54) is 57.8 Å². The normalized spacial score (nSPS) is 41.6. The Bertz CT molecular complexity index is 687. The number of rotatable bonds is 5. The van der Waals surface area contributed by atoms with E-state index in [0.29, 0.717) is 16.7 Å². The maximum absolute atomic E-state index is 10.2. The summed E-state index contributed by atoms with van der Waals surface area (Å²) in [5, 5.41) is 19.5. The Labute approximate surface area is 192 Å². The second kappa shape index (κ2) is 9.59. The Kier molecular flexibility index (Phi) is 7.68. The minimum atomic E-state index is -0.160. The molecule has 0 saturated heterocycles. The van der Waals surface area contributed by atoms with E-state index in [2.05, 4.69) is 39.8 Å². The van der Waals surface area contributed by atoms with Crippen LogP contribution >= 0.6 is 0 Å². The van der Waals surface area contributed by atoms with Crippen LogP contribution in [-0.2, 0) is 0 Å².